The molecule has 4 nitrogen and oxygen atoms in total. The largest absolute Gasteiger partial charge is 0.272 e. The fourth-order valence-corrected chi connectivity index (χ4v) is 2.93. The summed E-state index contributed by atoms with van der Waals surface area (Å²) in [6.07, 6.45) is 0. The number of benzene rings is 2. The predicted molar refractivity (Wildman–Crippen MR) is 99.4 cm³/mol. The number of aryl methyl sites for hydroxylation is 1. The summed E-state index contributed by atoms with van der Waals surface area (Å²) in [5, 5.41) is 0.992. The lowest BCUT2D eigenvalue weighted by Gasteiger charge is -2.08. The maximum atomic E-state index is 11.9. The zero-order valence-corrected chi connectivity index (χ0v) is 15.3. The summed E-state index contributed by atoms with van der Waals surface area (Å²) in [4.78, 5) is 23.6. The van der Waals surface area contributed by atoms with Crippen molar-refractivity contribution in [3.8, 4) is 0 Å². The van der Waals surface area contributed by atoms with Gasteiger partial charge in [0, 0.05) is 11.3 Å². The number of thioether (sulfide) groups is 1. The van der Waals surface area contributed by atoms with Crippen LogP contribution < -0.4 is 10.9 Å². The van der Waals surface area contributed by atoms with Crippen molar-refractivity contribution in [1.29, 1.82) is 0 Å². The van der Waals surface area contributed by atoms with Crippen LogP contribution in [-0.4, -0.2) is 17.6 Å². The smallest absolute Gasteiger partial charge is 0.269 e. The molecule has 2 aromatic carbocycles. The molecule has 0 aliphatic heterocycles. The molecule has 0 fully saturated rings. The number of carbonyl (C=O) groups excluding carboxylic acids is 2. The molecule has 0 heterocycles. The van der Waals surface area contributed by atoms with Crippen LogP contribution in [-0.2, 0) is 10.5 Å². The van der Waals surface area contributed by atoms with E-state index in [0.29, 0.717) is 21.4 Å². The molecule has 0 atom stereocenters. The van der Waals surface area contributed by atoms with Crippen molar-refractivity contribution in [1.82, 2.24) is 10.9 Å². The molecule has 2 rings (SSSR count). The number of rotatable bonds is 5. The molecular formula is C17H16Cl2N2O2S. The Hall–Kier alpha value is -1.69. The van der Waals surface area contributed by atoms with E-state index in [1.807, 2.05) is 25.1 Å². The number of hydrazine groups is 1. The summed E-state index contributed by atoms with van der Waals surface area (Å²) >= 11 is 13.2. The topological polar surface area (TPSA) is 58.2 Å². The Bertz CT molecular complexity index is 736. The Labute approximate surface area is 154 Å². The zero-order chi connectivity index (χ0) is 17.5. The molecule has 0 aliphatic rings. The summed E-state index contributed by atoms with van der Waals surface area (Å²) in [5.41, 5.74) is 7.32. The molecule has 0 aliphatic carbocycles. The minimum Gasteiger partial charge on any atom is -0.272 e. The molecule has 0 aromatic heterocycles. The Morgan fingerprint density at radius 2 is 1.71 bits per heavy atom. The van der Waals surface area contributed by atoms with Crippen LogP contribution in [0, 0.1) is 6.92 Å². The minimum absolute atomic E-state index is 0.217. The third-order valence-electron chi connectivity index (χ3n) is 3.12. The lowest BCUT2D eigenvalue weighted by Crippen LogP contribution is -2.42. The average Bonchev–Trinajstić information content (AvgIpc) is 2.56. The van der Waals surface area contributed by atoms with Crippen molar-refractivity contribution in [2.45, 2.75) is 12.7 Å². The average molecular weight is 383 g/mol. The van der Waals surface area contributed by atoms with Gasteiger partial charge in [-0.1, -0.05) is 47.0 Å². The van der Waals surface area contributed by atoms with Gasteiger partial charge in [-0.25, -0.2) is 0 Å². The number of nitrogens with one attached hydrogen (secondary N) is 2. The molecule has 0 bridgehead atoms. The Morgan fingerprint density at radius 3 is 2.38 bits per heavy atom. The van der Waals surface area contributed by atoms with Crippen LogP contribution in [0.25, 0.3) is 0 Å². The van der Waals surface area contributed by atoms with Gasteiger partial charge in [-0.15, -0.1) is 11.8 Å². The fourth-order valence-electron chi connectivity index (χ4n) is 1.83. The van der Waals surface area contributed by atoms with Gasteiger partial charge in [0.05, 0.1) is 15.8 Å². The van der Waals surface area contributed by atoms with Crippen LogP contribution in [0.4, 0.5) is 0 Å². The molecule has 0 spiro atoms. The van der Waals surface area contributed by atoms with Gasteiger partial charge < -0.3 is 0 Å². The quantitative estimate of drug-likeness (QED) is 0.768. The number of carbonyl (C=O) groups is 2. The van der Waals surface area contributed by atoms with Crippen LogP contribution >= 0.6 is 35.0 Å². The number of hydrogen-bond donors (Lipinski definition) is 2. The first-order valence-electron chi connectivity index (χ1n) is 7.13. The first-order chi connectivity index (χ1) is 11.5. The van der Waals surface area contributed by atoms with E-state index in [9.17, 15) is 9.59 Å². The van der Waals surface area contributed by atoms with E-state index in [1.165, 1.54) is 11.8 Å². The van der Waals surface area contributed by atoms with Gasteiger partial charge >= 0.3 is 0 Å². The lowest BCUT2D eigenvalue weighted by molar-refractivity contribution is -0.119. The van der Waals surface area contributed by atoms with Gasteiger partial charge in [0.25, 0.3) is 5.91 Å². The summed E-state index contributed by atoms with van der Waals surface area (Å²) in [6, 6.07) is 12.4. The van der Waals surface area contributed by atoms with Crippen molar-refractivity contribution < 1.29 is 9.59 Å². The summed E-state index contributed by atoms with van der Waals surface area (Å²) in [7, 11) is 0. The van der Waals surface area contributed by atoms with E-state index in [0.717, 1.165) is 11.1 Å². The molecule has 126 valence electrons. The van der Waals surface area contributed by atoms with Crippen molar-refractivity contribution in [3.05, 3.63) is 69.2 Å². The van der Waals surface area contributed by atoms with Gasteiger partial charge in [-0.05, 0) is 36.8 Å². The molecule has 0 saturated heterocycles. The summed E-state index contributed by atoms with van der Waals surface area (Å²) in [6.45, 7) is 1.94. The SMILES string of the molecule is Cc1ccc(C(=O)NNC(=O)CSCc2ccc(Cl)c(Cl)c2)cc1. The summed E-state index contributed by atoms with van der Waals surface area (Å²) < 4.78 is 0. The molecular weight excluding hydrogens is 367 g/mol. The fraction of sp³-hybridized carbons (Fsp3) is 0.176. The second-order valence-electron chi connectivity index (χ2n) is 5.11. The highest BCUT2D eigenvalue weighted by Crippen LogP contribution is 2.24. The minimum atomic E-state index is -0.349. The summed E-state index contributed by atoms with van der Waals surface area (Å²) in [5.74, 6) is 0.211. The van der Waals surface area contributed by atoms with Crippen molar-refractivity contribution in [2.75, 3.05) is 5.75 Å². The molecule has 0 radical (unpaired) electrons. The van der Waals surface area contributed by atoms with Gasteiger partial charge in [0.1, 0.15) is 0 Å². The molecule has 2 amide bonds. The molecule has 0 unspecified atom stereocenters. The van der Waals surface area contributed by atoms with Crippen molar-refractivity contribution in [2.24, 2.45) is 0 Å². The monoisotopic (exact) mass is 382 g/mol. The number of hydrogen-bond acceptors (Lipinski definition) is 3. The molecule has 0 saturated carbocycles. The zero-order valence-electron chi connectivity index (χ0n) is 12.9. The Morgan fingerprint density at radius 1 is 1.00 bits per heavy atom. The first-order valence-corrected chi connectivity index (χ1v) is 9.04. The third kappa shape index (κ3) is 5.74. The van der Waals surface area contributed by atoms with Crippen LogP contribution in [0.3, 0.4) is 0 Å². The third-order valence-corrected chi connectivity index (χ3v) is 4.86. The van der Waals surface area contributed by atoms with E-state index in [-0.39, 0.29) is 17.6 Å². The van der Waals surface area contributed by atoms with E-state index >= 15 is 0 Å². The van der Waals surface area contributed by atoms with E-state index < -0.39 is 0 Å². The van der Waals surface area contributed by atoms with Crippen molar-refractivity contribution >= 4 is 46.8 Å². The first kappa shape index (κ1) is 18.6. The van der Waals surface area contributed by atoms with E-state index in [1.54, 1.807) is 24.3 Å². The maximum Gasteiger partial charge on any atom is 0.269 e. The van der Waals surface area contributed by atoms with Crippen LogP contribution in [0.15, 0.2) is 42.5 Å². The second-order valence-corrected chi connectivity index (χ2v) is 6.91. The Balaban J connectivity index is 1.72. The predicted octanol–water partition coefficient (Wildman–Crippen LogP) is 4.00. The maximum absolute atomic E-state index is 11.9. The highest BCUT2D eigenvalue weighted by atomic mass is 35.5. The molecule has 2 aromatic rings. The van der Waals surface area contributed by atoms with E-state index in [2.05, 4.69) is 10.9 Å². The normalized spacial score (nSPS) is 10.3. The van der Waals surface area contributed by atoms with Gasteiger partial charge in [-0.2, -0.15) is 0 Å². The highest BCUT2D eigenvalue weighted by Gasteiger charge is 2.07. The number of halogens is 2. The molecule has 24 heavy (non-hydrogen) atoms. The number of amides is 2. The van der Waals surface area contributed by atoms with Gasteiger partial charge in [0.2, 0.25) is 5.91 Å². The molecule has 2 N–H and O–H groups in total. The van der Waals surface area contributed by atoms with E-state index in [4.69, 9.17) is 23.2 Å². The Kier molecular flexibility index (Phi) is 6.97. The highest BCUT2D eigenvalue weighted by molar-refractivity contribution is 7.99. The van der Waals surface area contributed by atoms with Crippen molar-refractivity contribution in [3.63, 3.8) is 0 Å². The van der Waals surface area contributed by atoms with Crippen LogP contribution in [0.1, 0.15) is 21.5 Å². The van der Waals surface area contributed by atoms with Gasteiger partial charge in [0.15, 0.2) is 0 Å². The standard InChI is InChI=1S/C17H16Cl2N2O2S/c1-11-2-5-13(6-3-11)17(23)21-20-16(22)10-24-9-12-4-7-14(18)15(19)8-12/h2-8H,9-10H2,1H3,(H,20,22)(H,21,23). The molecule has 7 heteroatoms. The second kappa shape index (κ2) is 8.97. The van der Waals surface area contributed by atoms with Crippen LogP contribution in [0.5, 0.6) is 0 Å². The van der Waals surface area contributed by atoms with Gasteiger partial charge in [-0.3, -0.25) is 20.4 Å². The lowest BCUT2D eigenvalue weighted by atomic mass is 10.1. The van der Waals surface area contributed by atoms with Crippen LogP contribution in [0.2, 0.25) is 10.0 Å².